The van der Waals surface area contributed by atoms with Crippen LogP contribution in [0.25, 0.3) is 0 Å². The molecule has 1 atom stereocenters. The highest BCUT2D eigenvalue weighted by Crippen LogP contribution is 2.19. The highest BCUT2D eigenvalue weighted by molar-refractivity contribution is 9.10. The van der Waals surface area contributed by atoms with Crippen LogP contribution in [-0.2, 0) is 6.42 Å². The zero-order valence-electron chi connectivity index (χ0n) is 9.41. The van der Waals surface area contributed by atoms with Crippen LogP contribution >= 0.6 is 15.9 Å². The van der Waals surface area contributed by atoms with E-state index >= 15 is 0 Å². The van der Waals surface area contributed by atoms with Crippen molar-refractivity contribution >= 4 is 15.9 Å². The lowest BCUT2D eigenvalue weighted by molar-refractivity contribution is 0.493. The fourth-order valence-corrected chi connectivity index (χ4v) is 1.89. The Balaban J connectivity index is 2.18. The second-order valence-electron chi connectivity index (χ2n) is 3.92. The first-order valence-electron chi connectivity index (χ1n) is 5.38. The van der Waals surface area contributed by atoms with Gasteiger partial charge in [-0.3, -0.25) is 4.98 Å². The zero-order chi connectivity index (χ0) is 13.1. The van der Waals surface area contributed by atoms with E-state index in [9.17, 15) is 8.78 Å². The van der Waals surface area contributed by atoms with E-state index in [-0.39, 0.29) is 12.0 Å². The standard InChI is InChI=1S/C13H11BrF2N2/c14-9-4-5-12(18-7-9)11(17)6-8-2-1-3-10(15)13(8)16/h1-5,7,11H,6,17H2. The van der Waals surface area contributed by atoms with Crippen molar-refractivity contribution in [1.29, 1.82) is 0 Å². The first-order chi connectivity index (χ1) is 8.58. The smallest absolute Gasteiger partial charge is 0.162 e. The highest BCUT2D eigenvalue weighted by Gasteiger charge is 2.13. The number of halogens is 3. The van der Waals surface area contributed by atoms with Crippen LogP contribution < -0.4 is 5.73 Å². The van der Waals surface area contributed by atoms with E-state index in [1.807, 2.05) is 6.07 Å². The number of hydrogen-bond donors (Lipinski definition) is 1. The molecule has 1 aromatic carbocycles. The first-order valence-corrected chi connectivity index (χ1v) is 6.17. The van der Waals surface area contributed by atoms with Crippen molar-refractivity contribution in [2.75, 3.05) is 0 Å². The lowest BCUT2D eigenvalue weighted by Crippen LogP contribution is -2.15. The molecule has 1 aromatic heterocycles. The van der Waals surface area contributed by atoms with Gasteiger partial charge in [-0.1, -0.05) is 12.1 Å². The number of nitrogens with zero attached hydrogens (tertiary/aromatic N) is 1. The van der Waals surface area contributed by atoms with Gasteiger partial charge in [0.1, 0.15) is 0 Å². The molecular weight excluding hydrogens is 302 g/mol. The van der Waals surface area contributed by atoms with E-state index in [0.29, 0.717) is 5.69 Å². The van der Waals surface area contributed by atoms with Gasteiger partial charge in [0.2, 0.25) is 0 Å². The summed E-state index contributed by atoms with van der Waals surface area (Å²) in [6.45, 7) is 0. The van der Waals surface area contributed by atoms with E-state index < -0.39 is 17.7 Å². The molecular formula is C13H11BrF2N2. The van der Waals surface area contributed by atoms with Gasteiger partial charge in [0.15, 0.2) is 11.6 Å². The van der Waals surface area contributed by atoms with Crippen molar-refractivity contribution in [1.82, 2.24) is 4.98 Å². The number of nitrogens with two attached hydrogens (primary N) is 1. The molecule has 2 rings (SSSR count). The van der Waals surface area contributed by atoms with E-state index in [1.165, 1.54) is 12.1 Å². The molecule has 0 spiro atoms. The SMILES string of the molecule is NC(Cc1cccc(F)c1F)c1ccc(Br)cn1. The number of aromatic nitrogens is 1. The minimum atomic E-state index is -0.858. The fourth-order valence-electron chi connectivity index (χ4n) is 1.65. The van der Waals surface area contributed by atoms with Crippen molar-refractivity contribution in [3.05, 3.63) is 63.9 Å². The number of rotatable bonds is 3. The van der Waals surface area contributed by atoms with Gasteiger partial charge < -0.3 is 5.73 Å². The Morgan fingerprint density at radius 3 is 2.67 bits per heavy atom. The second kappa shape index (κ2) is 5.54. The molecule has 0 aliphatic carbocycles. The van der Waals surface area contributed by atoms with E-state index in [4.69, 9.17) is 5.73 Å². The van der Waals surface area contributed by atoms with Gasteiger partial charge in [-0.2, -0.15) is 0 Å². The number of pyridine rings is 1. The molecule has 0 bridgehead atoms. The van der Waals surface area contributed by atoms with Crippen LogP contribution in [0.4, 0.5) is 8.78 Å². The third-order valence-electron chi connectivity index (χ3n) is 2.60. The maximum atomic E-state index is 13.5. The van der Waals surface area contributed by atoms with Gasteiger partial charge in [-0.15, -0.1) is 0 Å². The highest BCUT2D eigenvalue weighted by atomic mass is 79.9. The quantitative estimate of drug-likeness (QED) is 0.943. The van der Waals surface area contributed by atoms with Crippen LogP contribution in [0.3, 0.4) is 0 Å². The molecule has 0 fully saturated rings. The number of benzene rings is 1. The first kappa shape index (κ1) is 13.1. The summed E-state index contributed by atoms with van der Waals surface area (Å²) in [7, 11) is 0. The molecule has 0 amide bonds. The van der Waals surface area contributed by atoms with E-state index in [0.717, 1.165) is 10.5 Å². The normalized spacial score (nSPS) is 12.4. The van der Waals surface area contributed by atoms with Crippen LogP contribution in [0.15, 0.2) is 41.0 Å². The van der Waals surface area contributed by atoms with Crippen molar-refractivity contribution in [2.45, 2.75) is 12.5 Å². The van der Waals surface area contributed by atoms with Gasteiger partial charge >= 0.3 is 0 Å². The Hall–Kier alpha value is -1.33. The molecule has 2 nitrogen and oxygen atoms in total. The van der Waals surface area contributed by atoms with Crippen LogP contribution in [0, 0.1) is 11.6 Å². The summed E-state index contributed by atoms with van der Waals surface area (Å²) in [5.74, 6) is -1.70. The summed E-state index contributed by atoms with van der Waals surface area (Å²) in [5.41, 5.74) is 6.83. The molecule has 5 heteroatoms. The molecule has 2 N–H and O–H groups in total. The largest absolute Gasteiger partial charge is 0.322 e. The third kappa shape index (κ3) is 2.91. The van der Waals surface area contributed by atoms with Gasteiger partial charge in [-0.25, -0.2) is 8.78 Å². The van der Waals surface area contributed by atoms with Crippen LogP contribution in [0.2, 0.25) is 0 Å². The van der Waals surface area contributed by atoms with Gasteiger partial charge in [0.25, 0.3) is 0 Å². The summed E-state index contributed by atoms with van der Waals surface area (Å²) in [6.07, 6.45) is 1.83. The van der Waals surface area contributed by atoms with Crippen molar-refractivity contribution < 1.29 is 8.78 Å². The van der Waals surface area contributed by atoms with Crippen LogP contribution in [0.1, 0.15) is 17.3 Å². The molecule has 94 valence electrons. The Bertz CT molecular complexity index is 543. The zero-order valence-corrected chi connectivity index (χ0v) is 11.0. The van der Waals surface area contributed by atoms with Crippen molar-refractivity contribution in [3.63, 3.8) is 0 Å². The minimum absolute atomic E-state index is 0.207. The molecule has 0 saturated heterocycles. The van der Waals surface area contributed by atoms with Gasteiger partial charge in [-0.05, 0) is 46.1 Å². The molecule has 18 heavy (non-hydrogen) atoms. The summed E-state index contributed by atoms with van der Waals surface area (Å²) >= 11 is 3.27. The molecule has 0 aliphatic heterocycles. The summed E-state index contributed by atoms with van der Waals surface area (Å²) in [4.78, 5) is 4.14. The van der Waals surface area contributed by atoms with Crippen molar-refractivity contribution in [2.24, 2.45) is 5.73 Å². The van der Waals surface area contributed by atoms with Crippen LogP contribution in [0.5, 0.6) is 0 Å². The maximum Gasteiger partial charge on any atom is 0.162 e. The molecule has 1 heterocycles. The summed E-state index contributed by atoms with van der Waals surface area (Å²) in [5, 5.41) is 0. The third-order valence-corrected chi connectivity index (χ3v) is 3.07. The van der Waals surface area contributed by atoms with Crippen molar-refractivity contribution in [3.8, 4) is 0 Å². The summed E-state index contributed by atoms with van der Waals surface area (Å²) < 4.78 is 27.4. The van der Waals surface area contributed by atoms with E-state index in [1.54, 1.807) is 12.3 Å². The second-order valence-corrected chi connectivity index (χ2v) is 4.84. The predicted molar refractivity (Wildman–Crippen MR) is 68.9 cm³/mol. The van der Waals surface area contributed by atoms with Crippen LogP contribution in [-0.4, -0.2) is 4.98 Å². The lowest BCUT2D eigenvalue weighted by atomic mass is 10.0. The average molecular weight is 313 g/mol. The molecule has 2 aromatic rings. The molecule has 1 unspecified atom stereocenters. The Labute approximate surface area is 112 Å². The van der Waals surface area contributed by atoms with Gasteiger partial charge in [0, 0.05) is 10.7 Å². The maximum absolute atomic E-state index is 13.5. The fraction of sp³-hybridized carbons (Fsp3) is 0.154. The van der Waals surface area contributed by atoms with Gasteiger partial charge in [0.05, 0.1) is 11.7 Å². The monoisotopic (exact) mass is 312 g/mol. The molecule has 0 saturated carbocycles. The summed E-state index contributed by atoms with van der Waals surface area (Å²) in [6, 6.07) is 7.18. The molecule has 0 radical (unpaired) electrons. The minimum Gasteiger partial charge on any atom is -0.322 e. The Morgan fingerprint density at radius 2 is 2.00 bits per heavy atom. The number of hydrogen-bond acceptors (Lipinski definition) is 2. The predicted octanol–water partition coefficient (Wildman–Crippen LogP) is 3.36. The Morgan fingerprint density at radius 1 is 1.22 bits per heavy atom. The van der Waals surface area contributed by atoms with E-state index in [2.05, 4.69) is 20.9 Å². The average Bonchev–Trinajstić information content (AvgIpc) is 2.36. The lowest BCUT2D eigenvalue weighted by Gasteiger charge is -2.12. The Kier molecular flexibility index (Phi) is 4.04. The topological polar surface area (TPSA) is 38.9 Å². The molecule has 0 aliphatic rings.